The molecule has 0 bridgehead atoms. The quantitative estimate of drug-likeness (QED) is 0.523. The van der Waals surface area contributed by atoms with Crippen LogP contribution in [0.5, 0.6) is 0 Å². The summed E-state index contributed by atoms with van der Waals surface area (Å²) >= 11 is 2.24. The van der Waals surface area contributed by atoms with Crippen LogP contribution in [0.3, 0.4) is 0 Å². The molecule has 1 aliphatic rings. The molecule has 1 amide bonds. The SMILES string of the molecule is CC(=O)NC1CN(I)C1. The lowest BCUT2D eigenvalue weighted by atomic mass is 10.2. The first-order valence-corrected chi connectivity index (χ1v) is 3.83. The molecular weight excluding hydrogens is 231 g/mol. The Kier molecular flexibility index (Phi) is 2.29. The standard InChI is InChI=1S/C5H9IN2O/c1-4(9)7-5-2-8(6)3-5/h5H,2-3H2,1H3,(H,7,9). The Balaban J connectivity index is 2.11. The van der Waals surface area contributed by atoms with Crippen molar-refractivity contribution in [3.8, 4) is 0 Å². The van der Waals surface area contributed by atoms with Gasteiger partial charge in [-0.1, -0.05) is 0 Å². The maximum absolute atomic E-state index is 10.4. The van der Waals surface area contributed by atoms with E-state index in [0.717, 1.165) is 13.1 Å². The zero-order valence-electron chi connectivity index (χ0n) is 5.22. The molecule has 1 fully saturated rings. The second kappa shape index (κ2) is 2.83. The number of hydrogen-bond donors (Lipinski definition) is 1. The molecule has 0 spiro atoms. The number of rotatable bonds is 1. The molecule has 52 valence electrons. The van der Waals surface area contributed by atoms with Gasteiger partial charge in [0.2, 0.25) is 5.91 Å². The number of hydrogen-bond acceptors (Lipinski definition) is 2. The van der Waals surface area contributed by atoms with Crippen LogP contribution in [0.15, 0.2) is 0 Å². The highest BCUT2D eigenvalue weighted by Gasteiger charge is 2.24. The maximum atomic E-state index is 10.4. The molecule has 0 radical (unpaired) electrons. The van der Waals surface area contributed by atoms with Gasteiger partial charge >= 0.3 is 0 Å². The molecule has 0 unspecified atom stereocenters. The fourth-order valence-electron chi connectivity index (χ4n) is 0.804. The van der Waals surface area contributed by atoms with Crippen molar-refractivity contribution in [3.63, 3.8) is 0 Å². The second-order valence-electron chi connectivity index (χ2n) is 2.23. The van der Waals surface area contributed by atoms with Crippen LogP contribution < -0.4 is 5.32 Å². The van der Waals surface area contributed by atoms with Crippen molar-refractivity contribution in [2.45, 2.75) is 13.0 Å². The Morgan fingerprint density at radius 3 is 2.67 bits per heavy atom. The lowest BCUT2D eigenvalue weighted by Gasteiger charge is -2.34. The summed E-state index contributed by atoms with van der Waals surface area (Å²) in [6, 6.07) is 0.402. The molecule has 0 aromatic rings. The lowest BCUT2D eigenvalue weighted by molar-refractivity contribution is -0.120. The van der Waals surface area contributed by atoms with Gasteiger partial charge in [0, 0.05) is 42.9 Å². The average molecular weight is 240 g/mol. The van der Waals surface area contributed by atoms with E-state index < -0.39 is 0 Å². The van der Waals surface area contributed by atoms with E-state index in [-0.39, 0.29) is 5.91 Å². The van der Waals surface area contributed by atoms with Gasteiger partial charge in [0.15, 0.2) is 0 Å². The van der Waals surface area contributed by atoms with Gasteiger partial charge in [-0.15, -0.1) is 0 Å². The summed E-state index contributed by atoms with van der Waals surface area (Å²) in [7, 11) is 0. The zero-order chi connectivity index (χ0) is 6.85. The highest BCUT2D eigenvalue weighted by molar-refractivity contribution is 14.1. The summed E-state index contributed by atoms with van der Waals surface area (Å²) in [5.74, 6) is 0.0736. The molecule has 1 rings (SSSR count). The van der Waals surface area contributed by atoms with Crippen molar-refractivity contribution in [1.29, 1.82) is 0 Å². The van der Waals surface area contributed by atoms with E-state index >= 15 is 0 Å². The molecular formula is C5H9IN2O. The number of halogens is 1. The summed E-state index contributed by atoms with van der Waals surface area (Å²) < 4.78 is 2.14. The molecule has 1 heterocycles. The normalized spacial score (nSPS) is 21.1. The summed E-state index contributed by atoms with van der Waals surface area (Å²) in [6.45, 7) is 3.52. The highest BCUT2D eigenvalue weighted by atomic mass is 127. The summed E-state index contributed by atoms with van der Waals surface area (Å²) in [5.41, 5.74) is 0. The number of nitrogens with zero attached hydrogens (tertiary/aromatic N) is 1. The highest BCUT2D eigenvalue weighted by Crippen LogP contribution is 2.11. The van der Waals surface area contributed by atoms with Crippen LogP contribution in [0.4, 0.5) is 0 Å². The predicted molar refractivity (Wildman–Crippen MR) is 43.2 cm³/mol. The number of nitrogens with one attached hydrogen (secondary N) is 1. The minimum absolute atomic E-state index is 0.0736. The van der Waals surface area contributed by atoms with Gasteiger partial charge in [-0.05, 0) is 0 Å². The third-order valence-corrected chi connectivity index (χ3v) is 2.03. The van der Waals surface area contributed by atoms with E-state index in [1.54, 1.807) is 6.92 Å². The van der Waals surface area contributed by atoms with Crippen molar-refractivity contribution in [2.75, 3.05) is 13.1 Å². The topological polar surface area (TPSA) is 32.3 Å². The van der Waals surface area contributed by atoms with E-state index in [1.165, 1.54) is 0 Å². The van der Waals surface area contributed by atoms with Crippen LogP contribution in [0.25, 0.3) is 0 Å². The number of amides is 1. The Bertz CT molecular complexity index is 122. The molecule has 9 heavy (non-hydrogen) atoms. The molecule has 0 saturated carbocycles. The van der Waals surface area contributed by atoms with Crippen LogP contribution in [0.1, 0.15) is 6.92 Å². The van der Waals surface area contributed by atoms with Gasteiger partial charge in [0.05, 0.1) is 6.04 Å². The first-order chi connectivity index (χ1) is 4.18. The fraction of sp³-hybridized carbons (Fsp3) is 0.800. The van der Waals surface area contributed by atoms with Crippen molar-refractivity contribution in [1.82, 2.24) is 8.43 Å². The molecule has 0 aliphatic carbocycles. The number of carbonyl (C=O) groups is 1. The van der Waals surface area contributed by atoms with Crippen molar-refractivity contribution in [3.05, 3.63) is 0 Å². The molecule has 0 atom stereocenters. The third-order valence-electron chi connectivity index (χ3n) is 1.24. The fourth-order valence-corrected chi connectivity index (χ4v) is 1.75. The van der Waals surface area contributed by atoms with Gasteiger partial charge in [0.25, 0.3) is 0 Å². The van der Waals surface area contributed by atoms with E-state index in [2.05, 4.69) is 31.3 Å². The van der Waals surface area contributed by atoms with E-state index in [9.17, 15) is 4.79 Å². The van der Waals surface area contributed by atoms with Crippen molar-refractivity contribution in [2.24, 2.45) is 0 Å². The summed E-state index contributed by atoms with van der Waals surface area (Å²) in [6.07, 6.45) is 0. The molecule has 3 nitrogen and oxygen atoms in total. The van der Waals surface area contributed by atoms with E-state index in [0.29, 0.717) is 6.04 Å². The second-order valence-corrected chi connectivity index (χ2v) is 3.59. The molecule has 1 saturated heterocycles. The van der Waals surface area contributed by atoms with Gasteiger partial charge < -0.3 is 5.32 Å². The first kappa shape index (κ1) is 7.27. The molecule has 1 aliphatic heterocycles. The van der Waals surface area contributed by atoms with E-state index in [4.69, 9.17) is 0 Å². The van der Waals surface area contributed by atoms with Crippen molar-refractivity contribution < 1.29 is 4.79 Å². The minimum Gasteiger partial charge on any atom is -0.351 e. The van der Waals surface area contributed by atoms with Crippen LogP contribution in [0, 0.1) is 0 Å². The molecule has 0 aromatic heterocycles. The Labute approximate surface area is 68.3 Å². The molecule has 4 heteroatoms. The largest absolute Gasteiger partial charge is 0.351 e. The van der Waals surface area contributed by atoms with Gasteiger partial charge in [-0.2, -0.15) is 0 Å². The monoisotopic (exact) mass is 240 g/mol. The average Bonchev–Trinajstić information content (AvgIpc) is 1.60. The van der Waals surface area contributed by atoms with Crippen LogP contribution in [-0.4, -0.2) is 28.2 Å². The Morgan fingerprint density at radius 2 is 2.33 bits per heavy atom. The number of carbonyl (C=O) groups excluding carboxylic acids is 1. The summed E-state index contributed by atoms with van der Waals surface area (Å²) in [5, 5.41) is 2.82. The van der Waals surface area contributed by atoms with Gasteiger partial charge in [0.1, 0.15) is 0 Å². The van der Waals surface area contributed by atoms with Crippen LogP contribution in [0.2, 0.25) is 0 Å². The van der Waals surface area contributed by atoms with Crippen LogP contribution in [-0.2, 0) is 4.79 Å². The zero-order valence-corrected chi connectivity index (χ0v) is 7.38. The smallest absolute Gasteiger partial charge is 0.217 e. The maximum Gasteiger partial charge on any atom is 0.217 e. The lowest BCUT2D eigenvalue weighted by Crippen LogP contribution is -2.54. The molecule has 1 N–H and O–H groups in total. The van der Waals surface area contributed by atoms with Crippen molar-refractivity contribution >= 4 is 28.8 Å². The van der Waals surface area contributed by atoms with Gasteiger partial charge in [-0.3, -0.25) is 4.79 Å². The summed E-state index contributed by atoms with van der Waals surface area (Å²) in [4.78, 5) is 10.4. The Morgan fingerprint density at radius 1 is 1.78 bits per heavy atom. The Hall–Kier alpha value is 0.160. The third kappa shape index (κ3) is 2.09. The minimum atomic E-state index is 0.0736. The predicted octanol–water partition coefficient (Wildman–Crippen LogP) is 0.157. The molecule has 0 aromatic carbocycles. The van der Waals surface area contributed by atoms with Crippen LogP contribution >= 0.6 is 22.9 Å². The first-order valence-electron chi connectivity index (χ1n) is 2.86. The van der Waals surface area contributed by atoms with Gasteiger partial charge in [-0.25, -0.2) is 3.11 Å². The van der Waals surface area contributed by atoms with E-state index in [1.807, 2.05) is 0 Å².